The van der Waals surface area contributed by atoms with Gasteiger partial charge in [-0.2, -0.15) is 0 Å². The van der Waals surface area contributed by atoms with Crippen LogP contribution >= 0.6 is 0 Å². The topological polar surface area (TPSA) is 32.3 Å². The van der Waals surface area contributed by atoms with Gasteiger partial charge in [0.1, 0.15) is 5.75 Å². The van der Waals surface area contributed by atoms with Crippen molar-refractivity contribution in [2.45, 2.75) is 85.1 Å². The summed E-state index contributed by atoms with van der Waals surface area (Å²) >= 11 is 0. The predicted octanol–water partition coefficient (Wildman–Crippen LogP) is 4.92. The highest BCUT2D eigenvalue weighted by atomic mass is 16.3. The predicted molar refractivity (Wildman–Crippen MR) is 97.0 cm³/mol. The molecule has 0 heterocycles. The van der Waals surface area contributed by atoms with Crippen LogP contribution in [0.5, 0.6) is 5.75 Å². The molecule has 1 aromatic carbocycles. The Morgan fingerprint density at radius 3 is 1.55 bits per heavy atom. The van der Waals surface area contributed by atoms with Crippen molar-refractivity contribution in [3.8, 4) is 5.75 Å². The molecule has 22 heavy (non-hydrogen) atoms. The van der Waals surface area contributed by atoms with Gasteiger partial charge in [-0.15, -0.1) is 0 Å². The molecule has 0 aliphatic carbocycles. The lowest BCUT2D eigenvalue weighted by molar-refractivity contribution is 0.419. The molecule has 126 valence electrons. The second-order valence-electron chi connectivity index (χ2n) is 9.47. The summed E-state index contributed by atoms with van der Waals surface area (Å²) < 4.78 is 0. The molecule has 2 nitrogen and oxygen atoms in total. The van der Waals surface area contributed by atoms with Crippen molar-refractivity contribution in [1.82, 2.24) is 5.32 Å². The smallest absolute Gasteiger partial charge is 0.123 e. The van der Waals surface area contributed by atoms with Crippen molar-refractivity contribution in [3.63, 3.8) is 0 Å². The molecule has 1 rings (SSSR count). The lowest BCUT2D eigenvalue weighted by atomic mass is 9.78. The van der Waals surface area contributed by atoms with Gasteiger partial charge in [0.05, 0.1) is 0 Å². The van der Waals surface area contributed by atoms with E-state index in [1.165, 1.54) is 5.56 Å². The molecule has 0 amide bonds. The number of phenols is 1. The van der Waals surface area contributed by atoms with Crippen molar-refractivity contribution in [2.24, 2.45) is 0 Å². The lowest BCUT2D eigenvalue weighted by Crippen LogP contribution is -2.37. The fourth-order valence-corrected chi connectivity index (χ4v) is 2.56. The Kier molecular flexibility index (Phi) is 5.39. The van der Waals surface area contributed by atoms with Crippen molar-refractivity contribution in [2.75, 3.05) is 6.54 Å². The normalized spacial score (nSPS) is 13.5. The van der Waals surface area contributed by atoms with Gasteiger partial charge < -0.3 is 10.4 Å². The molecule has 1 aromatic rings. The Morgan fingerprint density at radius 1 is 0.818 bits per heavy atom. The van der Waals surface area contributed by atoms with Crippen LogP contribution in [0, 0.1) is 0 Å². The van der Waals surface area contributed by atoms with Gasteiger partial charge >= 0.3 is 0 Å². The number of nitrogens with one attached hydrogen (secondary N) is 1. The summed E-state index contributed by atoms with van der Waals surface area (Å²) in [6.45, 7) is 20.5. The molecular weight excluding hydrogens is 270 g/mol. The fourth-order valence-electron chi connectivity index (χ4n) is 2.56. The fraction of sp³-hybridized carbons (Fsp3) is 0.700. The molecule has 0 saturated heterocycles. The number of aromatic hydroxyl groups is 1. The van der Waals surface area contributed by atoms with E-state index in [2.05, 4.69) is 79.8 Å². The molecular formula is C20H35NO. The van der Waals surface area contributed by atoms with Crippen LogP contribution < -0.4 is 5.32 Å². The van der Waals surface area contributed by atoms with Crippen molar-refractivity contribution in [3.05, 3.63) is 28.8 Å². The monoisotopic (exact) mass is 305 g/mol. The summed E-state index contributed by atoms with van der Waals surface area (Å²) in [6.07, 6.45) is 0.976. The Hall–Kier alpha value is -1.02. The molecule has 2 N–H and O–H groups in total. The zero-order chi connectivity index (χ0) is 17.3. The van der Waals surface area contributed by atoms with Crippen LogP contribution in [0.2, 0.25) is 0 Å². The van der Waals surface area contributed by atoms with Gasteiger partial charge in [-0.25, -0.2) is 0 Å². The SMILES string of the molecule is CC(C)(C)NCCc1cc(C(C)(C)C)c(O)c(C(C)(C)C)c1. The molecule has 0 aliphatic heterocycles. The highest BCUT2D eigenvalue weighted by Crippen LogP contribution is 2.39. The summed E-state index contributed by atoms with van der Waals surface area (Å²) in [6, 6.07) is 4.35. The van der Waals surface area contributed by atoms with E-state index in [-0.39, 0.29) is 16.4 Å². The van der Waals surface area contributed by atoms with E-state index in [9.17, 15) is 5.11 Å². The molecule has 0 aliphatic rings. The maximum Gasteiger partial charge on any atom is 0.123 e. The van der Waals surface area contributed by atoms with Crippen molar-refractivity contribution >= 4 is 0 Å². The number of benzene rings is 1. The average Bonchev–Trinajstić information content (AvgIpc) is 2.26. The lowest BCUT2D eigenvalue weighted by Gasteiger charge is -2.28. The Balaban J connectivity index is 3.19. The summed E-state index contributed by atoms with van der Waals surface area (Å²) in [5, 5.41) is 14.3. The minimum atomic E-state index is -0.0580. The summed E-state index contributed by atoms with van der Waals surface area (Å²) in [5.74, 6) is 0.465. The van der Waals surface area contributed by atoms with Gasteiger partial charge in [0, 0.05) is 5.54 Å². The maximum atomic E-state index is 10.7. The molecule has 0 bridgehead atoms. The molecule has 0 saturated carbocycles. The third-order valence-electron chi connectivity index (χ3n) is 3.85. The van der Waals surface area contributed by atoms with E-state index in [1.807, 2.05) is 0 Å². The van der Waals surface area contributed by atoms with Gasteiger partial charge in [-0.05, 0) is 61.3 Å². The molecule has 0 aromatic heterocycles. The van der Waals surface area contributed by atoms with Gasteiger partial charge in [0.2, 0.25) is 0 Å². The number of hydrogen-bond acceptors (Lipinski definition) is 2. The number of phenolic OH excluding ortho intramolecular Hbond substituents is 1. The van der Waals surface area contributed by atoms with Crippen LogP contribution in [0.15, 0.2) is 12.1 Å². The van der Waals surface area contributed by atoms with Crippen LogP contribution in [0.4, 0.5) is 0 Å². The zero-order valence-electron chi connectivity index (χ0n) is 16.0. The first-order valence-electron chi connectivity index (χ1n) is 8.34. The van der Waals surface area contributed by atoms with E-state index in [1.54, 1.807) is 0 Å². The van der Waals surface area contributed by atoms with E-state index in [0.29, 0.717) is 5.75 Å². The van der Waals surface area contributed by atoms with Gasteiger partial charge in [-0.1, -0.05) is 53.7 Å². The molecule has 0 spiro atoms. The number of rotatable bonds is 3. The third-order valence-corrected chi connectivity index (χ3v) is 3.85. The number of hydrogen-bond donors (Lipinski definition) is 2. The Bertz CT molecular complexity index is 475. The minimum Gasteiger partial charge on any atom is -0.507 e. The molecule has 0 radical (unpaired) electrons. The van der Waals surface area contributed by atoms with Crippen LogP contribution in [-0.4, -0.2) is 17.2 Å². The Labute approximate surface area is 137 Å². The first-order valence-corrected chi connectivity index (χ1v) is 8.34. The summed E-state index contributed by atoms with van der Waals surface area (Å²) in [7, 11) is 0. The van der Waals surface area contributed by atoms with Crippen LogP contribution in [0.25, 0.3) is 0 Å². The third kappa shape index (κ3) is 5.31. The Morgan fingerprint density at radius 2 is 1.23 bits per heavy atom. The first-order chi connectivity index (χ1) is 9.72. The van der Waals surface area contributed by atoms with Crippen molar-refractivity contribution < 1.29 is 5.11 Å². The highest BCUT2D eigenvalue weighted by Gasteiger charge is 2.26. The maximum absolute atomic E-state index is 10.7. The minimum absolute atomic E-state index is 0.0580. The van der Waals surface area contributed by atoms with Gasteiger partial charge in [-0.3, -0.25) is 0 Å². The van der Waals surface area contributed by atoms with Crippen LogP contribution in [-0.2, 0) is 17.3 Å². The van der Waals surface area contributed by atoms with E-state index in [0.717, 1.165) is 24.1 Å². The molecule has 2 heteroatoms. The summed E-state index contributed by atoms with van der Waals surface area (Å²) in [4.78, 5) is 0. The van der Waals surface area contributed by atoms with E-state index < -0.39 is 0 Å². The standard InChI is InChI=1S/C20H35NO/c1-18(2,3)15-12-14(10-11-21-20(7,8)9)13-16(17(15)22)19(4,5)6/h12-13,21-22H,10-11H2,1-9H3. The average molecular weight is 306 g/mol. The van der Waals surface area contributed by atoms with E-state index in [4.69, 9.17) is 0 Å². The largest absolute Gasteiger partial charge is 0.507 e. The van der Waals surface area contributed by atoms with E-state index >= 15 is 0 Å². The highest BCUT2D eigenvalue weighted by molar-refractivity contribution is 5.49. The molecule has 0 atom stereocenters. The first kappa shape index (κ1) is 19.0. The zero-order valence-corrected chi connectivity index (χ0v) is 16.0. The van der Waals surface area contributed by atoms with Crippen LogP contribution in [0.1, 0.15) is 79.0 Å². The van der Waals surface area contributed by atoms with Gasteiger partial charge in [0.15, 0.2) is 0 Å². The molecule has 0 unspecified atom stereocenters. The van der Waals surface area contributed by atoms with Crippen molar-refractivity contribution in [1.29, 1.82) is 0 Å². The second-order valence-corrected chi connectivity index (χ2v) is 9.47. The molecule has 0 fully saturated rings. The van der Waals surface area contributed by atoms with Gasteiger partial charge in [0.25, 0.3) is 0 Å². The summed E-state index contributed by atoms with van der Waals surface area (Å²) in [5.41, 5.74) is 3.41. The second kappa shape index (κ2) is 6.23. The quantitative estimate of drug-likeness (QED) is 0.831. The van der Waals surface area contributed by atoms with Crippen LogP contribution in [0.3, 0.4) is 0 Å².